The standard InChI is InChI=1S/C15H19ClN2O/c1-2-13-6-12(7-14(16)17-13)15(19)18-8-10-4-3-5-11(10)9-18/h6-7,10-11H,2-5,8-9H2,1H3. The molecule has 1 saturated heterocycles. The number of halogens is 1. The Bertz CT molecular complexity index is 491. The fourth-order valence-corrected chi connectivity index (χ4v) is 3.67. The average Bonchev–Trinajstić information content (AvgIpc) is 2.97. The second-order valence-corrected chi connectivity index (χ2v) is 6.07. The number of aryl methyl sites for hydroxylation is 1. The van der Waals surface area contributed by atoms with Gasteiger partial charge < -0.3 is 4.90 Å². The number of nitrogens with zero attached hydrogens (tertiary/aromatic N) is 2. The Morgan fingerprint density at radius 1 is 1.37 bits per heavy atom. The van der Waals surface area contributed by atoms with Gasteiger partial charge in [-0.15, -0.1) is 0 Å². The molecule has 102 valence electrons. The van der Waals surface area contributed by atoms with Crippen molar-refractivity contribution in [3.8, 4) is 0 Å². The lowest BCUT2D eigenvalue weighted by molar-refractivity contribution is 0.0780. The van der Waals surface area contributed by atoms with Gasteiger partial charge >= 0.3 is 0 Å². The topological polar surface area (TPSA) is 33.2 Å². The highest BCUT2D eigenvalue weighted by Crippen LogP contribution is 2.38. The van der Waals surface area contributed by atoms with E-state index in [0.29, 0.717) is 10.7 Å². The third-order valence-electron chi connectivity index (χ3n) is 4.47. The highest BCUT2D eigenvalue weighted by molar-refractivity contribution is 6.29. The molecule has 2 heterocycles. The van der Waals surface area contributed by atoms with Crippen LogP contribution in [0.4, 0.5) is 0 Å². The molecular weight excluding hydrogens is 260 g/mol. The molecule has 19 heavy (non-hydrogen) atoms. The van der Waals surface area contributed by atoms with Crippen molar-refractivity contribution in [1.29, 1.82) is 0 Å². The first kappa shape index (κ1) is 12.9. The summed E-state index contributed by atoms with van der Waals surface area (Å²) in [5, 5.41) is 0.419. The van der Waals surface area contributed by atoms with E-state index in [4.69, 9.17) is 11.6 Å². The monoisotopic (exact) mass is 278 g/mol. The number of hydrogen-bond donors (Lipinski definition) is 0. The summed E-state index contributed by atoms with van der Waals surface area (Å²) in [5.41, 5.74) is 1.58. The van der Waals surface area contributed by atoms with Crippen LogP contribution in [0.25, 0.3) is 0 Å². The number of hydrogen-bond acceptors (Lipinski definition) is 2. The maximum Gasteiger partial charge on any atom is 0.254 e. The smallest absolute Gasteiger partial charge is 0.254 e. The molecule has 0 radical (unpaired) electrons. The van der Waals surface area contributed by atoms with E-state index in [-0.39, 0.29) is 5.91 Å². The first-order chi connectivity index (χ1) is 9.17. The number of rotatable bonds is 2. The summed E-state index contributed by atoms with van der Waals surface area (Å²) in [7, 11) is 0. The van der Waals surface area contributed by atoms with Gasteiger partial charge in [0.05, 0.1) is 0 Å². The number of fused-ring (bicyclic) bond motifs is 1. The molecule has 2 aliphatic rings. The van der Waals surface area contributed by atoms with Crippen LogP contribution in [0.3, 0.4) is 0 Å². The molecule has 1 aromatic heterocycles. The number of aromatic nitrogens is 1. The first-order valence-electron chi connectivity index (χ1n) is 7.13. The van der Waals surface area contributed by atoms with Crippen LogP contribution in [0.15, 0.2) is 12.1 Å². The van der Waals surface area contributed by atoms with Gasteiger partial charge in [0.15, 0.2) is 0 Å². The van der Waals surface area contributed by atoms with Crippen LogP contribution in [0.1, 0.15) is 42.2 Å². The molecule has 1 aliphatic heterocycles. The van der Waals surface area contributed by atoms with E-state index in [2.05, 4.69) is 4.98 Å². The van der Waals surface area contributed by atoms with E-state index in [1.54, 1.807) is 6.07 Å². The van der Waals surface area contributed by atoms with E-state index in [1.165, 1.54) is 19.3 Å². The first-order valence-corrected chi connectivity index (χ1v) is 7.51. The number of carbonyl (C=O) groups is 1. The minimum Gasteiger partial charge on any atom is -0.338 e. The zero-order valence-electron chi connectivity index (χ0n) is 11.2. The quantitative estimate of drug-likeness (QED) is 0.779. The van der Waals surface area contributed by atoms with Crippen molar-refractivity contribution >= 4 is 17.5 Å². The summed E-state index contributed by atoms with van der Waals surface area (Å²) < 4.78 is 0. The number of pyridine rings is 1. The highest BCUT2D eigenvalue weighted by Gasteiger charge is 2.38. The summed E-state index contributed by atoms with van der Waals surface area (Å²) >= 11 is 5.99. The zero-order chi connectivity index (χ0) is 13.4. The largest absolute Gasteiger partial charge is 0.338 e. The molecule has 2 atom stereocenters. The summed E-state index contributed by atoms with van der Waals surface area (Å²) in [4.78, 5) is 18.8. The summed E-state index contributed by atoms with van der Waals surface area (Å²) in [6.45, 7) is 3.86. The molecule has 0 spiro atoms. The molecule has 1 aliphatic carbocycles. The van der Waals surface area contributed by atoms with Crippen LogP contribution >= 0.6 is 11.6 Å². The molecule has 1 saturated carbocycles. The highest BCUT2D eigenvalue weighted by atomic mass is 35.5. The Labute approximate surface area is 119 Å². The molecule has 0 N–H and O–H groups in total. The molecular formula is C15H19ClN2O. The van der Waals surface area contributed by atoms with Gasteiger partial charge in [-0.25, -0.2) is 4.98 Å². The predicted octanol–water partition coefficient (Wildman–Crippen LogP) is 3.17. The van der Waals surface area contributed by atoms with E-state index < -0.39 is 0 Å². The number of likely N-dealkylation sites (tertiary alicyclic amines) is 1. The van der Waals surface area contributed by atoms with Crippen molar-refractivity contribution in [2.45, 2.75) is 32.6 Å². The van der Waals surface area contributed by atoms with Crippen LogP contribution in [-0.2, 0) is 6.42 Å². The van der Waals surface area contributed by atoms with Gasteiger partial charge in [0.25, 0.3) is 5.91 Å². The molecule has 4 heteroatoms. The van der Waals surface area contributed by atoms with Gasteiger partial charge in [-0.1, -0.05) is 24.9 Å². The Morgan fingerprint density at radius 3 is 2.68 bits per heavy atom. The van der Waals surface area contributed by atoms with Crippen molar-refractivity contribution in [2.24, 2.45) is 11.8 Å². The van der Waals surface area contributed by atoms with Gasteiger partial charge in [-0.2, -0.15) is 0 Å². The van der Waals surface area contributed by atoms with Crippen molar-refractivity contribution < 1.29 is 4.79 Å². The molecule has 3 rings (SSSR count). The molecule has 0 aromatic carbocycles. The van der Waals surface area contributed by atoms with Crippen LogP contribution < -0.4 is 0 Å². The van der Waals surface area contributed by atoms with Gasteiger partial charge in [-0.05, 0) is 43.2 Å². The molecule has 3 nitrogen and oxygen atoms in total. The molecule has 2 fully saturated rings. The Hall–Kier alpha value is -1.09. The third kappa shape index (κ3) is 2.48. The predicted molar refractivity (Wildman–Crippen MR) is 75.4 cm³/mol. The lowest BCUT2D eigenvalue weighted by Crippen LogP contribution is -2.29. The lowest BCUT2D eigenvalue weighted by Gasteiger charge is -2.17. The SMILES string of the molecule is CCc1cc(C(=O)N2CC3CCCC3C2)cc(Cl)n1. The van der Waals surface area contributed by atoms with Gasteiger partial charge in [0.2, 0.25) is 0 Å². The number of carbonyl (C=O) groups excluding carboxylic acids is 1. The molecule has 0 bridgehead atoms. The Morgan fingerprint density at radius 2 is 2.05 bits per heavy atom. The van der Waals surface area contributed by atoms with Crippen LogP contribution in [0.2, 0.25) is 5.15 Å². The van der Waals surface area contributed by atoms with Crippen LogP contribution in [-0.4, -0.2) is 28.9 Å². The van der Waals surface area contributed by atoms with E-state index >= 15 is 0 Å². The minimum atomic E-state index is 0.119. The normalized spacial score (nSPS) is 25.7. The fraction of sp³-hybridized carbons (Fsp3) is 0.600. The second-order valence-electron chi connectivity index (χ2n) is 5.68. The zero-order valence-corrected chi connectivity index (χ0v) is 12.0. The van der Waals surface area contributed by atoms with Crippen molar-refractivity contribution in [1.82, 2.24) is 9.88 Å². The van der Waals surface area contributed by atoms with Crippen molar-refractivity contribution in [2.75, 3.05) is 13.1 Å². The van der Waals surface area contributed by atoms with Gasteiger partial charge in [0.1, 0.15) is 5.15 Å². The molecule has 1 aromatic rings. The third-order valence-corrected chi connectivity index (χ3v) is 4.66. The van der Waals surface area contributed by atoms with Crippen molar-refractivity contribution in [3.63, 3.8) is 0 Å². The van der Waals surface area contributed by atoms with Crippen LogP contribution in [0, 0.1) is 11.8 Å². The minimum absolute atomic E-state index is 0.119. The fourth-order valence-electron chi connectivity index (χ4n) is 3.44. The molecule has 2 unspecified atom stereocenters. The van der Waals surface area contributed by atoms with E-state index in [1.807, 2.05) is 17.9 Å². The number of amides is 1. The van der Waals surface area contributed by atoms with Crippen LogP contribution in [0.5, 0.6) is 0 Å². The van der Waals surface area contributed by atoms with Gasteiger partial charge in [0, 0.05) is 24.3 Å². The second kappa shape index (κ2) is 5.12. The Kier molecular flexibility index (Phi) is 3.48. The maximum atomic E-state index is 12.5. The average molecular weight is 279 g/mol. The van der Waals surface area contributed by atoms with E-state index in [0.717, 1.165) is 37.0 Å². The summed E-state index contributed by atoms with van der Waals surface area (Å²) in [6.07, 6.45) is 4.70. The van der Waals surface area contributed by atoms with Gasteiger partial charge in [-0.3, -0.25) is 4.79 Å². The van der Waals surface area contributed by atoms with E-state index in [9.17, 15) is 4.79 Å². The lowest BCUT2D eigenvalue weighted by atomic mass is 10.0. The summed E-state index contributed by atoms with van der Waals surface area (Å²) in [5.74, 6) is 1.58. The molecule has 1 amide bonds. The maximum absolute atomic E-state index is 12.5. The van der Waals surface area contributed by atoms with Crippen molar-refractivity contribution in [3.05, 3.63) is 28.5 Å². The Balaban J connectivity index is 1.79. The summed E-state index contributed by atoms with van der Waals surface area (Å²) in [6, 6.07) is 3.57.